The Bertz CT molecular complexity index is 1130. The predicted molar refractivity (Wildman–Crippen MR) is 151 cm³/mol. The number of aliphatic carboxylic acids is 1. The quantitative estimate of drug-likeness (QED) is 0.266. The molecule has 0 saturated heterocycles. The molecule has 9 nitrogen and oxygen atoms in total. The highest BCUT2D eigenvalue weighted by Gasteiger charge is 2.11. The summed E-state index contributed by atoms with van der Waals surface area (Å²) in [6.07, 6.45) is 8.03. The third-order valence-corrected chi connectivity index (χ3v) is 5.99. The van der Waals surface area contributed by atoms with Gasteiger partial charge < -0.3 is 29.5 Å². The zero-order valence-electron chi connectivity index (χ0n) is 23.3. The van der Waals surface area contributed by atoms with E-state index in [1.807, 2.05) is 24.3 Å². The molecule has 0 aliphatic rings. The fourth-order valence-corrected chi connectivity index (χ4v) is 3.80. The monoisotopic (exact) mass is 540 g/mol. The Balaban J connectivity index is 1.84. The zero-order chi connectivity index (χ0) is 28.6. The highest BCUT2D eigenvalue weighted by molar-refractivity contribution is 5.91. The third-order valence-electron chi connectivity index (χ3n) is 5.99. The number of nitrogens with zero attached hydrogens (tertiary/aromatic N) is 1. The molecule has 0 saturated carbocycles. The van der Waals surface area contributed by atoms with Crippen LogP contribution in [0.5, 0.6) is 17.2 Å². The molecule has 0 aromatic heterocycles. The second-order valence-corrected chi connectivity index (χ2v) is 9.27. The summed E-state index contributed by atoms with van der Waals surface area (Å²) in [7, 11) is 6.59. The standard InChI is InChI=1S/C30H40N2O7/c1-32(2)29(34)12-9-11-28(33)31-24-15-17-25(23(21-24)14-18-30(35)36)39-19-8-6-5-7-10-22-13-16-26(37-3)27(20-22)38-4/h7,10,13,15-17,20-21H,5-6,8-9,11-12,14,18-19H2,1-4H3,(H,31,33)(H,35,36). The van der Waals surface area contributed by atoms with E-state index < -0.39 is 5.97 Å². The largest absolute Gasteiger partial charge is 0.493 e. The first-order chi connectivity index (χ1) is 18.7. The number of hydrogen-bond acceptors (Lipinski definition) is 6. The van der Waals surface area contributed by atoms with Gasteiger partial charge >= 0.3 is 5.97 Å². The molecule has 0 aliphatic carbocycles. The molecule has 2 amide bonds. The number of amides is 2. The maximum Gasteiger partial charge on any atom is 0.303 e. The number of carboxylic acids is 1. The first-order valence-corrected chi connectivity index (χ1v) is 13.1. The second kappa shape index (κ2) is 16.8. The lowest BCUT2D eigenvalue weighted by Crippen LogP contribution is -2.21. The number of carbonyl (C=O) groups is 3. The molecule has 0 unspecified atom stereocenters. The van der Waals surface area contributed by atoms with E-state index in [-0.39, 0.29) is 24.7 Å². The van der Waals surface area contributed by atoms with Gasteiger partial charge in [-0.3, -0.25) is 14.4 Å². The van der Waals surface area contributed by atoms with Crippen molar-refractivity contribution in [2.45, 2.75) is 51.4 Å². The van der Waals surface area contributed by atoms with Crippen molar-refractivity contribution in [3.05, 3.63) is 53.6 Å². The van der Waals surface area contributed by atoms with E-state index in [9.17, 15) is 14.4 Å². The Labute approximate surface area is 230 Å². The summed E-state index contributed by atoms with van der Waals surface area (Å²) < 4.78 is 16.6. The number of carboxylic acid groups (broad SMARTS) is 1. The van der Waals surface area contributed by atoms with Gasteiger partial charge in [-0.25, -0.2) is 0 Å². The highest BCUT2D eigenvalue weighted by atomic mass is 16.5. The molecule has 0 heterocycles. The highest BCUT2D eigenvalue weighted by Crippen LogP contribution is 2.28. The number of unbranched alkanes of at least 4 members (excludes halogenated alkanes) is 2. The summed E-state index contributed by atoms with van der Waals surface area (Å²) in [5.41, 5.74) is 2.33. The van der Waals surface area contributed by atoms with Crippen molar-refractivity contribution in [1.82, 2.24) is 4.90 Å². The van der Waals surface area contributed by atoms with E-state index in [1.54, 1.807) is 46.5 Å². The van der Waals surface area contributed by atoms with E-state index >= 15 is 0 Å². The van der Waals surface area contributed by atoms with Crippen LogP contribution < -0.4 is 19.5 Å². The number of carbonyl (C=O) groups excluding carboxylic acids is 2. The lowest BCUT2D eigenvalue weighted by molar-refractivity contribution is -0.137. The number of methoxy groups -OCH3 is 2. The van der Waals surface area contributed by atoms with Crippen molar-refractivity contribution in [3.63, 3.8) is 0 Å². The number of anilines is 1. The third kappa shape index (κ3) is 11.5. The van der Waals surface area contributed by atoms with Gasteiger partial charge in [-0.2, -0.15) is 0 Å². The predicted octanol–water partition coefficient (Wildman–Crippen LogP) is 5.18. The van der Waals surface area contributed by atoms with E-state index in [0.29, 0.717) is 48.8 Å². The number of benzene rings is 2. The molecule has 2 aromatic carbocycles. The van der Waals surface area contributed by atoms with Crippen LogP contribution in [0.25, 0.3) is 6.08 Å². The smallest absolute Gasteiger partial charge is 0.303 e. The molecule has 9 heteroatoms. The van der Waals surface area contributed by atoms with Crippen molar-refractivity contribution in [2.24, 2.45) is 0 Å². The molecule has 2 rings (SSSR count). The molecule has 212 valence electrons. The fraction of sp³-hybridized carbons (Fsp3) is 0.433. The number of aryl methyl sites for hydroxylation is 1. The summed E-state index contributed by atoms with van der Waals surface area (Å²) in [5.74, 6) is 0.885. The van der Waals surface area contributed by atoms with Crippen molar-refractivity contribution in [2.75, 3.05) is 40.2 Å². The van der Waals surface area contributed by atoms with Gasteiger partial charge in [0.05, 0.1) is 20.8 Å². The van der Waals surface area contributed by atoms with E-state index in [4.69, 9.17) is 19.3 Å². The van der Waals surface area contributed by atoms with Crippen molar-refractivity contribution < 1.29 is 33.7 Å². The van der Waals surface area contributed by atoms with Gasteiger partial charge in [-0.15, -0.1) is 0 Å². The fourth-order valence-electron chi connectivity index (χ4n) is 3.80. The minimum atomic E-state index is -0.901. The minimum absolute atomic E-state index is 0.0193. The first-order valence-electron chi connectivity index (χ1n) is 13.1. The van der Waals surface area contributed by atoms with Crippen LogP contribution in [0.2, 0.25) is 0 Å². The Morgan fingerprint density at radius 1 is 0.897 bits per heavy atom. The molecule has 0 spiro atoms. The van der Waals surface area contributed by atoms with Gasteiger partial charge in [0, 0.05) is 39.0 Å². The Hall–Kier alpha value is -4.01. The number of rotatable bonds is 17. The Morgan fingerprint density at radius 3 is 2.33 bits per heavy atom. The summed E-state index contributed by atoms with van der Waals surface area (Å²) in [4.78, 5) is 36.6. The van der Waals surface area contributed by atoms with E-state index in [2.05, 4.69) is 11.4 Å². The average Bonchev–Trinajstić information content (AvgIpc) is 2.91. The SMILES string of the molecule is COc1ccc(C=CCCCCOc2ccc(NC(=O)CCCC(=O)N(C)C)cc2CCC(=O)O)cc1OC. The summed E-state index contributed by atoms with van der Waals surface area (Å²) in [6, 6.07) is 11.0. The van der Waals surface area contributed by atoms with Crippen LogP contribution in [0.3, 0.4) is 0 Å². The molecular formula is C30H40N2O7. The topological polar surface area (TPSA) is 114 Å². The summed E-state index contributed by atoms with van der Waals surface area (Å²) in [5, 5.41) is 12.0. The van der Waals surface area contributed by atoms with Crippen LogP contribution in [-0.2, 0) is 20.8 Å². The molecule has 0 aliphatic heterocycles. The number of ether oxygens (including phenoxy) is 3. The van der Waals surface area contributed by atoms with E-state index in [1.165, 1.54) is 4.90 Å². The number of nitrogens with one attached hydrogen (secondary N) is 1. The lowest BCUT2D eigenvalue weighted by atomic mass is 10.1. The maximum absolute atomic E-state index is 12.3. The second-order valence-electron chi connectivity index (χ2n) is 9.27. The maximum atomic E-state index is 12.3. The first kappa shape index (κ1) is 31.2. The van der Waals surface area contributed by atoms with Gasteiger partial charge in [-0.05, 0) is 73.6 Å². The molecule has 0 atom stereocenters. The van der Waals surface area contributed by atoms with Crippen LogP contribution in [0, 0.1) is 0 Å². The lowest BCUT2D eigenvalue weighted by Gasteiger charge is -2.14. The van der Waals surface area contributed by atoms with Crippen LogP contribution in [0.15, 0.2) is 42.5 Å². The molecule has 2 N–H and O–H groups in total. The summed E-state index contributed by atoms with van der Waals surface area (Å²) in [6.45, 7) is 0.496. The average molecular weight is 541 g/mol. The molecule has 0 fully saturated rings. The molecule has 2 aromatic rings. The number of hydrogen-bond donors (Lipinski definition) is 2. The van der Waals surface area contributed by atoms with Crippen LogP contribution >= 0.6 is 0 Å². The zero-order valence-corrected chi connectivity index (χ0v) is 23.3. The van der Waals surface area contributed by atoms with Gasteiger partial charge in [0.2, 0.25) is 11.8 Å². The summed E-state index contributed by atoms with van der Waals surface area (Å²) >= 11 is 0. The number of allylic oxidation sites excluding steroid dienone is 1. The minimum Gasteiger partial charge on any atom is -0.493 e. The molecular weight excluding hydrogens is 500 g/mol. The molecule has 0 bridgehead atoms. The molecule has 0 radical (unpaired) electrons. The van der Waals surface area contributed by atoms with Crippen molar-refractivity contribution in [1.29, 1.82) is 0 Å². The Morgan fingerprint density at radius 2 is 1.64 bits per heavy atom. The normalized spacial score (nSPS) is 10.8. The molecule has 39 heavy (non-hydrogen) atoms. The van der Waals surface area contributed by atoms with E-state index in [0.717, 1.165) is 30.4 Å². The van der Waals surface area contributed by atoms with Crippen LogP contribution in [0.1, 0.15) is 56.1 Å². The van der Waals surface area contributed by atoms with Gasteiger partial charge in [-0.1, -0.05) is 18.2 Å². The van der Waals surface area contributed by atoms with Crippen LogP contribution in [0.4, 0.5) is 5.69 Å². The van der Waals surface area contributed by atoms with Gasteiger partial charge in [0.25, 0.3) is 0 Å². The van der Waals surface area contributed by atoms with Gasteiger partial charge in [0.1, 0.15) is 5.75 Å². The Kier molecular flexibility index (Phi) is 13.4. The van der Waals surface area contributed by atoms with Gasteiger partial charge in [0.15, 0.2) is 11.5 Å². The van der Waals surface area contributed by atoms with Crippen molar-refractivity contribution in [3.8, 4) is 17.2 Å². The van der Waals surface area contributed by atoms with Crippen LogP contribution in [-0.4, -0.2) is 62.7 Å². The van der Waals surface area contributed by atoms with Crippen molar-refractivity contribution >= 4 is 29.5 Å².